The lowest BCUT2D eigenvalue weighted by Crippen LogP contribution is -2.39. The normalized spacial score (nSPS) is 15.7. The Kier molecular flexibility index (Phi) is 7.49. The topological polar surface area (TPSA) is 70.5 Å². The maximum atomic E-state index is 5.70. The van der Waals surface area contributed by atoms with E-state index < -0.39 is 8.56 Å². The van der Waals surface area contributed by atoms with Gasteiger partial charge in [0.15, 0.2) is 0 Å². The highest BCUT2D eigenvalue weighted by Gasteiger charge is 2.28. The minimum Gasteiger partial charge on any atom is -0.398 e. The van der Waals surface area contributed by atoms with E-state index in [9.17, 15) is 0 Å². The van der Waals surface area contributed by atoms with Crippen LogP contribution in [0.4, 0.5) is 0 Å². The zero-order valence-electron chi connectivity index (χ0n) is 8.71. The summed E-state index contributed by atoms with van der Waals surface area (Å²) in [7, 11) is -0.240. The van der Waals surface area contributed by atoms with Crippen molar-refractivity contribution in [2.75, 3.05) is 26.8 Å². The van der Waals surface area contributed by atoms with Crippen LogP contribution in [0, 0.1) is 0 Å². The molecule has 0 saturated heterocycles. The first kappa shape index (κ1) is 13.1. The monoisotopic (exact) mass is 206 g/mol. The zero-order valence-corrected chi connectivity index (χ0v) is 9.71. The Morgan fingerprint density at radius 3 is 2.31 bits per heavy atom. The quantitative estimate of drug-likeness (QED) is 0.446. The van der Waals surface area contributed by atoms with Crippen molar-refractivity contribution in [3.63, 3.8) is 0 Å². The van der Waals surface area contributed by atoms with Crippen molar-refractivity contribution in [3.8, 4) is 0 Å². The molecule has 0 radical (unpaired) electrons. The van der Waals surface area contributed by atoms with Gasteiger partial charge < -0.3 is 20.3 Å². The largest absolute Gasteiger partial charge is 0.398 e. The molecule has 1 unspecified atom stereocenters. The van der Waals surface area contributed by atoms with Crippen LogP contribution < -0.4 is 11.5 Å². The van der Waals surface area contributed by atoms with Gasteiger partial charge in [-0.05, 0) is 32.5 Å². The third-order valence-electron chi connectivity index (χ3n) is 2.04. The molecule has 0 aliphatic heterocycles. The molecule has 0 rings (SSSR count). The summed E-state index contributed by atoms with van der Waals surface area (Å²) in [5.74, 6) is 0. The number of unbranched alkanes of at least 4 members (excludes halogenated alkanes) is 1. The highest BCUT2D eigenvalue weighted by atomic mass is 28.4. The Balaban J connectivity index is 3.57. The second kappa shape index (κ2) is 7.46. The molecule has 0 saturated carbocycles. The average molecular weight is 206 g/mol. The molecule has 0 aromatic carbocycles. The fourth-order valence-electron chi connectivity index (χ4n) is 1.03. The van der Waals surface area contributed by atoms with Gasteiger partial charge in [-0.25, -0.2) is 0 Å². The summed E-state index contributed by atoms with van der Waals surface area (Å²) in [4.78, 5) is 0. The summed E-state index contributed by atoms with van der Waals surface area (Å²) in [6, 6.07) is 0.853. The van der Waals surface area contributed by atoms with E-state index in [-0.39, 0.29) is 0 Å². The third-order valence-corrected chi connectivity index (χ3v) is 4.91. The van der Waals surface area contributed by atoms with Crippen LogP contribution in [0.5, 0.6) is 0 Å². The Labute approximate surface area is 81.8 Å². The Morgan fingerprint density at radius 1 is 1.15 bits per heavy atom. The fourth-order valence-corrected chi connectivity index (χ4v) is 2.60. The van der Waals surface area contributed by atoms with Crippen LogP contribution in [-0.4, -0.2) is 35.4 Å². The molecule has 0 aliphatic rings. The van der Waals surface area contributed by atoms with E-state index in [0.717, 1.165) is 32.0 Å². The van der Waals surface area contributed by atoms with Gasteiger partial charge in [0.1, 0.15) is 0 Å². The summed E-state index contributed by atoms with van der Waals surface area (Å²) < 4.78 is 11.1. The van der Waals surface area contributed by atoms with E-state index in [1.54, 1.807) is 7.11 Å². The minimum atomic E-state index is -1.94. The standard InChI is InChI=1S/C8H22N2O2Si/c1-11-13(2,8-6-10)12-7-4-3-5-9/h3-10H2,1-2H3. The van der Waals surface area contributed by atoms with Gasteiger partial charge in [0.05, 0.1) is 0 Å². The van der Waals surface area contributed by atoms with Crippen molar-refractivity contribution in [2.24, 2.45) is 11.5 Å². The Hall–Kier alpha value is 0.0569. The van der Waals surface area contributed by atoms with Crippen LogP contribution in [0.15, 0.2) is 0 Å². The van der Waals surface area contributed by atoms with Gasteiger partial charge in [-0.2, -0.15) is 0 Å². The molecule has 0 fully saturated rings. The van der Waals surface area contributed by atoms with E-state index in [4.69, 9.17) is 20.3 Å². The van der Waals surface area contributed by atoms with Gasteiger partial charge in [0.2, 0.25) is 0 Å². The summed E-state index contributed by atoms with van der Waals surface area (Å²) in [6.07, 6.45) is 2.02. The van der Waals surface area contributed by atoms with Crippen molar-refractivity contribution >= 4 is 8.56 Å². The van der Waals surface area contributed by atoms with Gasteiger partial charge >= 0.3 is 8.56 Å². The molecule has 80 valence electrons. The van der Waals surface area contributed by atoms with Crippen molar-refractivity contribution in [1.82, 2.24) is 0 Å². The highest BCUT2D eigenvalue weighted by Crippen LogP contribution is 2.11. The van der Waals surface area contributed by atoms with Crippen LogP contribution in [0.3, 0.4) is 0 Å². The van der Waals surface area contributed by atoms with Crippen LogP contribution >= 0.6 is 0 Å². The number of hydrogen-bond acceptors (Lipinski definition) is 4. The summed E-state index contributed by atoms with van der Waals surface area (Å²) >= 11 is 0. The maximum Gasteiger partial charge on any atom is 0.335 e. The van der Waals surface area contributed by atoms with E-state index in [1.807, 2.05) is 6.55 Å². The maximum absolute atomic E-state index is 5.70. The molecule has 5 heteroatoms. The van der Waals surface area contributed by atoms with Crippen LogP contribution in [0.2, 0.25) is 12.6 Å². The smallest absolute Gasteiger partial charge is 0.335 e. The highest BCUT2D eigenvalue weighted by molar-refractivity contribution is 6.66. The first-order valence-corrected chi connectivity index (χ1v) is 7.30. The molecule has 0 spiro atoms. The SMILES string of the molecule is CO[Si](C)(CCN)OCCCCN. The predicted octanol–water partition coefficient (Wildman–Crippen LogP) is 0.419. The molecule has 0 aromatic heterocycles. The summed E-state index contributed by atoms with van der Waals surface area (Å²) in [6.45, 7) is 4.15. The predicted molar refractivity (Wildman–Crippen MR) is 56.7 cm³/mol. The molecule has 0 aromatic rings. The van der Waals surface area contributed by atoms with Gasteiger partial charge in [-0.3, -0.25) is 0 Å². The molecule has 0 amide bonds. The Morgan fingerprint density at radius 2 is 1.85 bits per heavy atom. The summed E-state index contributed by atoms with van der Waals surface area (Å²) in [5, 5.41) is 0. The minimum absolute atomic E-state index is 0.632. The van der Waals surface area contributed by atoms with E-state index in [2.05, 4.69) is 0 Å². The molecular weight excluding hydrogens is 184 g/mol. The van der Waals surface area contributed by atoms with Gasteiger partial charge in [-0.15, -0.1) is 0 Å². The van der Waals surface area contributed by atoms with Gasteiger partial charge in [0.25, 0.3) is 0 Å². The summed E-state index contributed by atoms with van der Waals surface area (Å²) in [5.41, 5.74) is 10.8. The lowest BCUT2D eigenvalue weighted by molar-refractivity contribution is 0.201. The average Bonchev–Trinajstić information content (AvgIpc) is 2.13. The first-order valence-electron chi connectivity index (χ1n) is 4.78. The molecule has 0 heterocycles. The van der Waals surface area contributed by atoms with Crippen molar-refractivity contribution in [2.45, 2.75) is 25.4 Å². The molecule has 4 N–H and O–H groups in total. The van der Waals surface area contributed by atoms with E-state index >= 15 is 0 Å². The zero-order chi connectivity index (χ0) is 10.2. The van der Waals surface area contributed by atoms with Crippen LogP contribution in [0.25, 0.3) is 0 Å². The molecule has 0 aliphatic carbocycles. The molecule has 13 heavy (non-hydrogen) atoms. The second-order valence-electron chi connectivity index (χ2n) is 3.22. The van der Waals surface area contributed by atoms with Crippen molar-refractivity contribution in [3.05, 3.63) is 0 Å². The van der Waals surface area contributed by atoms with E-state index in [1.165, 1.54) is 0 Å². The number of nitrogens with two attached hydrogens (primary N) is 2. The van der Waals surface area contributed by atoms with Gasteiger partial charge in [-0.1, -0.05) is 0 Å². The molecular formula is C8H22N2O2Si. The van der Waals surface area contributed by atoms with E-state index in [0.29, 0.717) is 6.54 Å². The number of rotatable bonds is 8. The molecule has 0 bridgehead atoms. The second-order valence-corrected chi connectivity index (χ2v) is 6.69. The lowest BCUT2D eigenvalue weighted by Gasteiger charge is -2.24. The van der Waals surface area contributed by atoms with Crippen LogP contribution in [-0.2, 0) is 8.85 Å². The number of hydrogen-bond donors (Lipinski definition) is 2. The van der Waals surface area contributed by atoms with Crippen molar-refractivity contribution < 1.29 is 8.85 Å². The molecule has 4 nitrogen and oxygen atoms in total. The lowest BCUT2D eigenvalue weighted by atomic mass is 10.3. The van der Waals surface area contributed by atoms with Crippen LogP contribution in [0.1, 0.15) is 12.8 Å². The van der Waals surface area contributed by atoms with Crippen molar-refractivity contribution in [1.29, 1.82) is 0 Å². The molecule has 1 atom stereocenters. The fraction of sp³-hybridized carbons (Fsp3) is 1.00. The Bertz CT molecular complexity index is 127. The van der Waals surface area contributed by atoms with Gasteiger partial charge in [0, 0.05) is 19.8 Å². The first-order chi connectivity index (χ1) is 6.18. The third kappa shape index (κ3) is 6.17.